The van der Waals surface area contributed by atoms with Crippen LogP contribution in [0.3, 0.4) is 0 Å². The standard InChI is InChI=1S/C48H74N8O11S/c1-47(2,3)67-46(59)52-41(36-68(60,61)62)44(58)50-25-17-28-64-31-33-65-32-30-63-27-16-24-49-42(57)22-12-14-26-56-45(53-54-55-56)48(4,5)23-13-15-29-66-43-35-39(37-18-8-6-9-19-37)34-40(51-43)38-20-10-7-11-21-38/h6-11,18-21,34-35,41,54-55,60-62H,12-17,22-33,36H2,1-5H3,(H,49,57)(H,50,58)(H,52,59)/t41-/m0/s1. The Kier molecular flexibility index (Phi) is 23.7. The van der Waals surface area contributed by atoms with Crippen molar-refractivity contribution in [1.29, 1.82) is 0 Å². The van der Waals surface area contributed by atoms with E-state index in [9.17, 15) is 28.0 Å². The predicted molar refractivity (Wildman–Crippen MR) is 264 cm³/mol. The van der Waals surface area contributed by atoms with Gasteiger partial charge in [0, 0.05) is 56.3 Å². The van der Waals surface area contributed by atoms with E-state index in [0.29, 0.717) is 84.5 Å². The Balaban J connectivity index is 0.975. The van der Waals surface area contributed by atoms with Crippen LogP contribution in [0, 0.1) is 5.41 Å². The number of amidine groups is 1. The molecule has 20 heteroatoms. The monoisotopic (exact) mass is 971 g/mol. The lowest BCUT2D eigenvalue weighted by Crippen LogP contribution is -2.51. The van der Waals surface area contributed by atoms with E-state index in [-0.39, 0.29) is 17.9 Å². The van der Waals surface area contributed by atoms with E-state index in [0.717, 1.165) is 60.3 Å². The zero-order valence-electron chi connectivity index (χ0n) is 40.3. The summed E-state index contributed by atoms with van der Waals surface area (Å²) in [7, 11) is -4.05. The molecule has 378 valence electrons. The molecule has 2 aromatic carbocycles. The van der Waals surface area contributed by atoms with Gasteiger partial charge in [-0.1, -0.05) is 74.5 Å². The third kappa shape index (κ3) is 22.4. The number of hydrogen-bond acceptors (Lipinski definition) is 16. The average Bonchev–Trinajstić information content (AvgIpc) is 3.78. The average molecular weight is 971 g/mol. The van der Waals surface area contributed by atoms with Gasteiger partial charge in [-0.3, -0.25) is 14.6 Å². The number of hydrazone groups is 1. The first kappa shape index (κ1) is 55.5. The van der Waals surface area contributed by atoms with Crippen LogP contribution in [0.25, 0.3) is 22.4 Å². The number of unbranched alkanes of at least 4 members (excludes halogenated alkanes) is 2. The number of nitrogens with zero attached hydrogens (tertiary/aromatic N) is 3. The highest BCUT2D eigenvalue weighted by molar-refractivity contribution is 8.19. The van der Waals surface area contributed by atoms with Gasteiger partial charge in [-0.25, -0.2) is 15.3 Å². The lowest BCUT2D eigenvalue weighted by atomic mass is 9.85. The van der Waals surface area contributed by atoms with Crippen LogP contribution in [-0.2, 0) is 28.5 Å². The fraction of sp³-hybridized carbons (Fsp3) is 0.562. The van der Waals surface area contributed by atoms with Gasteiger partial charge >= 0.3 is 6.09 Å². The quantitative estimate of drug-likeness (QED) is 0.0294. The fourth-order valence-electron chi connectivity index (χ4n) is 6.97. The number of rotatable bonds is 32. The minimum absolute atomic E-state index is 0.0133. The van der Waals surface area contributed by atoms with Crippen LogP contribution in [0.15, 0.2) is 77.9 Å². The second-order valence-corrected chi connectivity index (χ2v) is 19.5. The van der Waals surface area contributed by atoms with Crippen molar-refractivity contribution in [2.75, 3.05) is 71.6 Å². The van der Waals surface area contributed by atoms with Crippen LogP contribution in [-0.4, -0.2) is 131 Å². The van der Waals surface area contributed by atoms with Crippen molar-refractivity contribution >= 4 is 34.6 Å². The van der Waals surface area contributed by atoms with Crippen LogP contribution in [0.2, 0.25) is 0 Å². The number of benzene rings is 2. The van der Waals surface area contributed by atoms with Crippen LogP contribution < -0.4 is 31.8 Å². The second-order valence-electron chi connectivity index (χ2n) is 18.0. The first-order valence-corrected chi connectivity index (χ1v) is 25.0. The van der Waals surface area contributed by atoms with Crippen molar-refractivity contribution in [3.8, 4) is 28.3 Å². The number of alkyl carbamates (subject to hydrolysis) is 1. The molecule has 0 aliphatic carbocycles. The Labute approximate surface area is 403 Å². The van der Waals surface area contributed by atoms with Crippen molar-refractivity contribution in [3.05, 3.63) is 72.8 Å². The van der Waals surface area contributed by atoms with Crippen molar-refractivity contribution in [3.63, 3.8) is 0 Å². The maximum absolute atomic E-state index is 12.5. The third-order valence-corrected chi connectivity index (χ3v) is 11.1. The van der Waals surface area contributed by atoms with E-state index in [4.69, 9.17) is 28.7 Å². The van der Waals surface area contributed by atoms with Gasteiger partial charge in [-0.2, -0.15) is 0 Å². The summed E-state index contributed by atoms with van der Waals surface area (Å²) in [5.41, 5.74) is 9.14. The number of amides is 3. The molecule has 19 nitrogen and oxygen atoms in total. The number of carbonyl (C=O) groups is 3. The number of hydrazine groups is 2. The molecular weight excluding hydrogens is 897 g/mol. The summed E-state index contributed by atoms with van der Waals surface area (Å²) in [4.78, 5) is 41.8. The Bertz CT molecular complexity index is 1930. The Morgan fingerprint density at radius 3 is 1.97 bits per heavy atom. The molecule has 1 atom stereocenters. The van der Waals surface area contributed by atoms with Gasteiger partial charge in [-0.15, -0.1) is 10.6 Å². The van der Waals surface area contributed by atoms with Gasteiger partial charge in [0.15, 0.2) is 0 Å². The SMILES string of the molecule is CC(C)(C)OC(=O)N[C@@H](CS(O)(O)O)C(=O)NCCCOCCOCCOCCCNC(=O)CCCCN1NNN=C1C(C)(C)CCCCOc1cc(-c2ccccc2)cc(-c2ccccc2)n1. The van der Waals surface area contributed by atoms with Crippen molar-refractivity contribution < 1.29 is 51.7 Å². The van der Waals surface area contributed by atoms with Gasteiger partial charge in [0.1, 0.15) is 17.5 Å². The molecule has 0 bridgehead atoms. The molecule has 0 saturated carbocycles. The molecule has 1 aliphatic heterocycles. The highest BCUT2D eigenvalue weighted by Crippen LogP contribution is 2.33. The zero-order chi connectivity index (χ0) is 49.3. The van der Waals surface area contributed by atoms with Crippen LogP contribution in [0.4, 0.5) is 4.79 Å². The van der Waals surface area contributed by atoms with Gasteiger partial charge in [0.25, 0.3) is 0 Å². The lowest BCUT2D eigenvalue weighted by molar-refractivity contribution is -0.123. The normalized spacial score (nSPS) is 13.6. The van der Waals surface area contributed by atoms with E-state index < -0.39 is 40.3 Å². The van der Waals surface area contributed by atoms with E-state index in [2.05, 4.69) is 76.3 Å². The number of aromatic nitrogens is 1. The highest BCUT2D eigenvalue weighted by atomic mass is 32.3. The molecule has 0 fully saturated rings. The van der Waals surface area contributed by atoms with E-state index >= 15 is 0 Å². The molecule has 1 aliphatic rings. The summed E-state index contributed by atoms with van der Waals surface area (Å²) >= 11 is 0. The molecule has 0 unspecified atom stereocenters. The van der Waals surface area contributed by atoms with Crippen LogP contribution in [0.5, 0.6) is 5.88 Å². The minimum atomic E-state index is -4.05. The minimum Gasteiger partial charge on any atom is -0.478 e. The van der Waals surface area contributed by atoms with Gasteiger partial charge in [-0.05, 0) is 82.9 Å². The number of hydrogen-bond donors (Lipinski definition) is 8. The summed E-state index contributed by atoms with van der Waals surface area (Å²) in [6.45, 7) is 13.6. The molecule has 1 aromatic heterocycles. The lowest BCUT2D eigenvalue weighted by Gasteiger charge is -2.30. The summed E-state index contributed by atoms with van der Waals surface area (Å²) in [6.07, 6.45) is 4.94. The smallest absolute Gasteiger partial charge is 0.408 e. The molecule has 0 radical (unpaired) electrons. The van der Waals surface area contributed by atoms with E-state index in [1.165, 1.54) is 0 Å². The largest absolute Gasteiger partial charge is 0.478 e. The molecule has 8 N–H and O–H groups in total. The zero-order valence-corrected chi connectivity index (χ0v) is 41.1. The molecule has 68 heavy (non-hydrogen) atoms. The molecule has 2 heterocycles. The van der Waals surface area contributed by atoms with Crippen molar-refractivity contribution in [2.45, 2.75) is 97.6 Å². The molecule has 4 rings (SSSR count). The molecule has 0 saturated heterocycles. The third-order valence-electron chi connectivity index (χ3n) is 10.4. The van der Waals surface area contributed by atoms with E-state index in [1.54, 1.807) is 20.8 Å². The van der Waals surface area contributed by atoms with Crippen LogP contribution >= 0.6 is 10.9 Å². The Hall–Kier alpha value is -5.06. The Morgan fingerprint density at radius 2 is 1.34 bits per heavy atom. The van der Waals surface area contributed by atoms with Gasteiger partial charge in [0.2, 0.25) is 17.7 Å². The Morgan fingerprint density at radius 1 is 0.721 bits per heavy atom. The topological polar surface area (TPSA) is 247 Å². The molecule has 3 amide bonds. The first-order valence-electron chi connectivity index (χ1n) is 23.4. The molecule has 3 aromatic rings. The maximum atomic E-state index is 12.5. The summed E-state index contributed by atoms with van der Waals surface area (Å²) in [5.74, 6) is 0.0913. The summed E-state index contributed by atoms with van der Waals surface area (Å²) in [6, 6.07) is 23.1. The fourth-order valence-corrected chi connectivity index (χ4v) is 7.66. The van der Waals surface area contributed by atoms with Crippen molar-refractivity contribution in [1.82, 2.24) is 37.0 Å². The second kappa shape index (κ2) is 29.1. The van der Waals surface area contributed by atoms with Gasteiger partial charge < -0.3 is 53.3 Å². The first-order chi connectivity index (χ1) is 32.5. The summed E-state index contributed by atoms with van der Waals surface area (Å²) in [5, 5.41) is 14.4. The molecular formula is C48H74N8O11S. The van der Waals surface area contributed by atoms with Gasteiger partial charge in [0.05, 0.1) is 55.4 Å². The maximum Gasteiger partial charge on any atom is 0.408 e. The predicted octanol–water partition coefficient (Wildman–Crippen LogP) is 6.98. The number of pyridine rings is 1. The number of nitrogens with one attached hydrogen (secondary N) is 5. The van der Waals surface area contributed by atoms with Crippen molar-refractivity contribution in [2.24, 2.45) is 10.5 Å². The van der Waals surface area contributed by atoms with Crippen LogP contribution in [0.1, 0.15) is 86.0 Å². The number of ether oxygens (including phenoxy) is 5. The summed E-state index contributed by atoms with van der Waals surface area (Å²) < 4.78 is 56.2. The van der Waals surface area contributed by atoms with E-state index in [1.807, 2.05) is 47.5 Å². The highest BCUT2D eigenvalue weighted by Gasteiger charge is 2.33. The number of carbonyl (C=O) groups excluding carboxylic acids is 3. The molecule has 0 spiro atoms.